The fourth-order valence-electron chi connectivity index (χ4n) is 3.89. The lowest BCUT2D eigenvalue weighted by Crippen LogP contribution is -2.40. The molecule has 0 bridgehead atoms. The summed E-state index contributed by atoms with van der Waals surface area (Å²) in [4.78, 5) is 23.2. The highest BCUT2D eigenvalue weighted by Gasteiger charge is 2.46. The topological polar surface area (TPSA) is 63.6 Å². The molecule has 1 N–H and O–H groups in total. The Balaban J connectivity index is 2.27. The van der Waals surface area contributed by atoms with E-state index in [2.05, 4.69) is 13.8 Å². The average Bonchev–Trinajstić information content (AvgIpc) is 2.44. The van der Waals surface area contributed by atoms with Crippen LogP contribution in [0.2, 0.25) is 0 Å². The second-order valence-corrected chi connectivity index (χ2v) is 7.43. The molecule has 1 fully saturated rings. The maximum atomic E-state index is 11.7. The highest BCUT2D eigenvalue weighted by atomic mass is 16.5. The van der Waals surface area contributed by atoms with Crippen molar-refractivity contribution < 1.29 is 19.4 Å². The first-order chi connectivity index (χ1) is 10.2. The summed E-state index contributed by atoms with van der Waals surface area (Å²) < 4.78 is 4.70. The predicted octanol–water partition coefficient (Wildman–Crippen LogP) is 3.86. The van der Waals surface area contributed by atoms with Crippen LogP contribution in [0, 0.1) is 10.8 Å². The van der Waals surface area contributed by atoms with Crippen LogP contribution >= 0.6 is 0 Å². The fourth-order valence-corrected chi connectivity index (χ4v) is 3.89. The lowest BCUT2D eigenvalue weighted by molar-refractivity contribution is -0.152. The molecule has 0 amide bonds. The quantitative estimate of drug-likeness (QED) is 0.861. The molecule has 22 heavy (non-hydrogen) atoms. The number of carboxylic acid groups (broad SMARTS) is 1. The number of carboxylic acids is 1. The highest BCUT2D eigenvalue weighted by molar-refractivity contribution is 5.89. The lowest BCUT2D eigenvalue weighted by atomic mass is 9.59. The van der Waals surface area contributed by atoms with Gasteiger partial charge in [-0.15, -0.1) is 0 Å². The molecule has 2 atom stereocenters. The van der Waals surface area contributed by atoms with Crippen molar-refractivity contribution in [2.24, 2.45) is 10.8 Å². The molecule has 2 rings (SSSR count). The van der Waals surface area contributed by atoms with Gasteiger partial charge in [0.25, 0.3) is 0 Å². The van der Waals surface area contributed by atoms with Crippen molar-refractivity contribution >= 4 is 11.9 Å². The van der Waals surface area contributed by atoms with E-state index >= 15 is 0 Å². The van der Waals surface area contributed by atoms with Crippen molar-refractivity contribution in [2.45, 2.75) is 46.0 Å². The van der Waals surface area contributed by atoms with Crippen LogP contribution in [0.1, 0.15) is 61.9 Å². The van der Waals surface area contributed by atoms with E-state index in [1.165, 1.54) is 7.11 Å². The molecule has 1 saturated carbocycles. The molecule has 0 aromatic heterocycles. The third kappa shape index (κ3) is 3.32. The lowest BCUT2D eigenvalue weighted by Gasteiger charge is -2.44. The van der Waals surface area contributed by atoms with Crippen molar-refractivity contribution in [1.82, 2.24) is 0 Å². The first kappa shape index (κ1) is 16.5. The van der Waals surface area contributed by atoms with Gasteiger partial charge in [-0.2, -0.15) is 0 Å². The second kappa shape index (κ2) is 5.75. The van der Waals surface area contributed by atoms with Crippen molar-refractivity contribution in [3.05, 3.63) is 35.4 Å². The molecule has 1 aliphatic rings. The van der Waals surface area contributed by atoms with Crippen LogP contribution in [0.4, 0.5) is 0 Å². The van der Waals surface area contributed by atoms with E-state index < -0.39 is 11.4 Å². The Labute approximate surface area is 131 Å². The van der Waals surface area contributed by atoms with E-state index in [1.807, 2.05) is 19.1 Å². The molecule has 1 aliphatic carbocycles. The van der Waals surface area contributed by atoms with Gasteiger partial charge in [0.15, 0.2) is 0 Å². The van der Waals surface area contributed by atoms with E-state index in [0.29, 0.717) is 18.4 Å². The van der Waals surface area contributed by atoms with Crippen molar-refractivity contribution in [2.75, 3.05) is 7.11 Å². The van der Waals surface area contributed by atoms with Gasteiger partial charge in [-0.1, -0.05) is 26.0 Å². The van der Waals surface area contributed by atoms with Crippen LogP contribution in [0.25, 0.3) is 0 Å². The van der Waals surface area contributed by atoms with Crippen molar-refractivity contribution in [3.8, 4) is 0 Å². The van der Waals surface area contributed by atoms with E-state index in [-0.39, 0.29) is 17.3 Å². The maximum absolute atomic E-state index is 11.7. The van der Waals surface area contributed by atoms with E-state index in [9.17, 15) is 14.7 Å². The largest absolute Gasteiger partial charge is 0.481 e. The van der Waals surface area contributed by atoms with Gasteiger partial charge in [0, 0.05) is 0 Å². The number of aliphatic carboxylic acids is 1. The summed E-state index contributed by atoms with van der Waals surface area (Å²) in [6.07, 6.45) is 2.27. The van der Waals surface area contributed by atoms with Crippen molar-refractivity contribution in [1.29, 1.82) is 0 Å². The van der Waals surface area contributed by atoms with Gasteiger partial charge in [0.05, 0.1) is 18.1 Å². The molecule has 0 saturated heterocycles. The van der Waals surface area contributed by atoms with Crippen LogP contribution < -0.4 is 0 Å². The predicted molar refractivity (Wildman–Crippen MR) is 83.9 cm³/mol. The molecule has 1 aromatic carbocycles. The fraction of sp³-hybridized carbons (Fsp3) is 0.556. The first-order valence-electron chi connectivity index (χ1n) is 7.58. The Morgan fingerprint density at radius 3 is 2.23 bits per heavy atom. The summed E-state index contributed by atoms with van der Waals surface area (Å²) in [7, 11) is 1.36. The van der Waals surface area contributed by atoms with Gasteiger partial charge in [0.2, 0.25) is 0 Å². The summed E-state index contributed by atoms with van der Waals surface area (Å²) in [6, 6.07) is 7.34. The number of hydrogen-bond donors (Lipinski definition) is 1. The van der Waals surface area contributed by atoms with Gasteiger partial charge in [0.1, 0.15) is 0 Å². The third-order valence-corrected chi connectivity index (χ3v) is 4.68. The van der Waals surface area contributed by atoms with Gasteiger partial charge in [-0.05, 0) is 55.2 Å². The third-order valence-electron chi connectivity index (χ3n) is 4.68. The molecule has 0 radical (unpaired) electrons. The summed E-state index contributed by atoms with van der Waals surface area (Å²) in [5.41, 5.74) is 0.889. The Morgan fingerprint density at radius 1 is 1.14 bits per heavy atom. The number of carbonyl (C=O) groups excluding carboxylic acids is 1. The zero-order valence-corrected chi connectivity index (χ0v) is 13.7. The van der Waals surface area contributed by atoms with E-state index in [0.717, 1.165) is 12.0 Å². The molecule has 2 unspecified atom stereocenters. The first-order valence-corrected chi connectivity index (χ1v) is 7.58. The number of hydrogen-bond acceptors (Lipinski definition) is 3. The van der Waals surface area contributed by atoms with Crippen LogP contribution in [-0.4, -0.2) is 24.2 Å². The summed E-state index contributed by atoms with van der Waals surface area (Å²) >= 11 is 0. The van der Waals surface area contributed by atoms with Gasteiger partial charge in [-0.25, -0.2) is 4.79 Å². The second-order valence-electron chi connectivity index (χ2n) is 7.43. The highest BCUT2D eigenvalue weighted by Crippen LogP contribution is 2.52. The van der Waals surface area contributed by atoms with E-state index in [1.54, 1.807) is 12.1 Å². The monoisotopic (exact) mass is 304 g/mol. The Hall–Kier alpha value is -1.84. The number of rotatable bonds is 3. The van der Waals surface area contributed by atoms with Crippen LogP contribution in [0.15, 0.2) is 24.3 Å². The number of ether oxygens (including phenoxy) is 1. The van der Waals surface area contributed by atoms with Gasteiger partial charge in [-0.3, -0.25) is 4.79 Å². The summed E-state index contributed by atoms with van der Waals surface area (Å²) in [6.45, 7) is 6.10. The van der Waals surface area contributed by atoms with Crippen molar-refractivity contribution in [3.63, 3.8) is 0 Å². The molecule has 120 valence electrons. The SMILES string of the molecule is COC(=O)c1ccc(C2CC(C)(C)CC(C)(C(=O)O)C2)cc1. The minimum absolute atomic E-state index is 0.0168. The van der Waals surface area contributed by atoms with E-state index in [4.69, 9.17) is 4.74 Å². The molecule has 0 heterocycles. The minimum Gasteiger partial charge on any atom is -0.481 e. The molecular formula is C18H24O4. The molecular weight excluding hydrogens is 280 g/mol. The average molecular weight is 304 g/mol. The molecule has 4 nitrogen and oxygen atoms in total. The van der Waals surface area contributed by atoms with Crippen LogP contribution in [-0.2, 0) is 9.53 Å². The zero-order chi connectivity index (χ0) is 16.5. The number of benzene rings is 1. The number of methoxy groups -OCH3 is 1. The normalized spacial score (nSPS) is 27.2. The Kier molecular flexibility index (Phi) is 4.32. The van der Waals surface area contributed by atoms with Crippen LogP contribution in [0.5, 0.6) is 0 Å². The molecule has 4 heteroatoms. The van der Waals surface area contributed by atoms with Crippen LogP contribution in [0.3, 0.4) is 0 Å². The summed E-state index contributed by atoms with van der Waals surface area (Å²) in [5.74, 6) is -0.890. The number of carbonyl (C=O) groups is 2. The minimum atomic E-state index is -0.726. The standard InChI is InChI=1S/C18H24O4/c1-17(2)9-14(10-18(3,11-17)16(20)21)12-5-7-13(8-6-12)15(19)22-4/h5-8,14H,9-11H2,1-4H3,(H,20,21). The molecule has 1 aromatic rings. The Morgan fingerprint density at radius 2 is 1.73 bits per heavy atom. The van der Waals surface area contributed by atoms with Gasteiger partial charge >= 0.3 is 11.9 Å². The Bertz CT molecular complexity index is 573. The maximum Gasteiger partial charge on any atom is 0.337 e. The smallest absolute Gasteiger partial charge is 0.337 e. The molecule has 0 aliphatic heterocycles. The number of esters is 1. The zero-order valence-electron chi connectivity index (χ0n) is 13.7. The molecule has 0 spiro atoms. The van der Waals surface area contributed by atoms with Gasteiger partial charge < -0.3 is 9.84 Å². The summed E-state index contributed by atoms with van der Waals surface area (Å²) in [5, 5.41) is 9.58.